The van der Waals surface area contributed by atoms with Crippen molar-refractivity contribution in [1.29, 1.82) is 0 Å². The molecule has 1 aliphatic heterocycles. The molecule has 1 aromatic carbocycles. The number of hydrogen-bond acceptors (Lipinski definition) is 3. The minimum Gasteiger partial charge on any atom is -0.348 e. The number of hydrogen-bond donors (Lipinski definition) is 2. The highest BCUT2D eigenvalue weighted by molar-refractivity contribution is 7.80. The van der Waals surface area contributed by atoms with Crippen LogP contribution in [-0.4, -0.2) is 16.7 Å². The first kappa shape index (κ1) is 15.3. The summed E-state index contributed by atoms with van der Waals surface area (Å²) in [5, 5.41) is 6.64. The van der Waals surface area contributed by atoms with Gasteiger partial charge >= 0.3 is 6.18 Å². The summed E-state index contributed by atoms with van der Waals surface area (Å²) in [5.74, 6) is 0. The highest BCUT2D eigenvalue weighted by Crippen LogP contribution is 2.38. The third-order valence-electron chi connectivity index (χ3n) is 3.08. The Morgan fingerprint density at radius 1 is 1.52 bits per heavy atom. The molecule has 0 bridgehead atoms. The molecule has 2 N–H and O–H groups in total. The Bertz CT molecular complexity index is 638. The summed E-state index contributed by atoms with van der Waals surface area (Å²) in [4.78, 5) is 3.22. The lowest BCUT2D eigenvalue weighted by atomic mass is 10.0. The van der Waals surface area contributed by atoms with Crippen LogP contribution >= 0.6 is 12.2 Å². The van der Waals surface area contributed by atoms with E-state index >= 15 is 0 Å². The Kier molecular flexibility index (Phi) is 3.87. The van der Waals surface area contributed by atoms with Crippen molar-refractivity contribution in [2.45, 2.75) is 25.1 Å². The van der Waals surface area contributed by atoms with E-state index in [1.807, 2.05) is 0 Å². The first-order valence-corrected chi connectivity index (χ1v) is 6.36. The fraction of sp³-hybridized carbons (Fsp3) is 0.308. The van der Waals surface area contributed by atoms with Crippen LogP contribution in [0.5, 0.6) is 0 Å². The number of anilines is 1. The zero-order valence-corrected chi connectivity index (χ0v) is 11.8. The lowest BCUT2D eigenvalue weighted by Crippen LogP contribution is -2.46. The second-order valence-electron chi connectivity index (χ2n) is 4.76. The van der Waals surface area contributed by atoms with E-state index in [0.717, 1.165) is 12.1 Å². The van der Waals surface area contributed by atoms with Crippen LogP contribution in [0.3, 0.4) is 0 Å². The van der Waals surface area contributed by atoms with Crippen LogP contribution in [0, 0.1) is 6.57 Å². The minimum absolute atomic E-state index is 0.189. The Morgan fingerprint density at radius 3 is 2.76 bits per heavy atom. The van der Waals surface area contributed by atoms with Crippen molar-refractivity contribution in [3.8, 4) is 0 Å². The molecule has 0 radical (unpaired) electrons. The molecule has 0 amide bonds. The monoisotopic (exact) mass is 312 g/mol. The number of alkyl halides is 3. The van der Waals surface area contributed by atoms with Gasteiger partial charge < -0.3 is 5.32 Å². The minimum atomic E-state index is -4.59. The average Bonchev–Trinajstić information content (AvgIpc) is 2.86. The molecule has 1 heterocycles. The largest absolute Gasteiger partial charge is 0.407 e. The van der Waals surface area contributed by atoms with Crippen LogP contribution in [0.2, 0.25) is 0 Å². The zero-order valence-electron chi connectivity index (χ0n) is 11.0. The fourth-order valence-corrected chi connectivity index (χ4v) is 2.06. The van der Waals surface area contributed by atoms with Crippen LogP contribution in [0.15, 0.2) is 23.3 Å². The van der Waals surface area contributed by atoms with Gasteiger partial charge in [-0.25, -0.2) is 4.85 Å². The number of halogens is 3. The zero-order chi connectivity index (χ0) is 15.7. The van der Waals surface area contributed by atoms with E-state index in [4.69, 9.17) is 18.8 Å². The molecule has 0 spiro atoms. The van der Waals surface area contributed by atoms with Gasteiger partial charge in [-0.05, 0) is 19.1 Å². The Balaban J connectivity index is 2.26. The molecule has 0 saturated carbocycles. The second kappa shape index (κ2) is 5.33. The SMILES string of the molecule is [C-]#[N+]c1ccc(NC(=S)C2(C)CC=NN2)cc1C(F)(F)F. The van der Waals surface area contributed by atoms with E-state index in [1.165, 1.54) is 6.07 Å². The topological polar surface area (TPSA) is 40.8 Å². The molecule has 1 atom stereocenters. The van der Waals surface area contributed by atoms with Crippen molar-refractivity contribution in [3.63, 3.8) is 0 Å². The van der Waals surface area contributed by atoms with Gasteiger partial charge in [-0.3, -0.25) is 5.43 Å². The summed E-state index contributed by atoms with van der Waals surface area (Å²) in [5.41, 5.74) is 0.968. The van der Waals surface area contributed by atoms with E-state index in [9.17, 15) is 13.2 Å². The van der Waals surface area contributed by atoms with Crippen molar-refractivity contribution in [1.82, 2.24) is 5.43 Å². The standard InChI is InChI=1S/C13H11F3N4S/c1-12(5-6-18-20-12)11(21)19-8-3-4-10(17-2)9(7-8)13(14,15)16/h3-4,6-7,20H,5H2,1H3,(H,19,21). The molecule has 21 heavy (non-hydrogen) atoms. The first-order valence-electron chi connectivity index (χ1n) is 5.95. The molecule has 0 aromatic heterocycles. The van der Waals surface area contributed by atoms with Crippen LogP contribution in [0.4, 0.5) is 24.5 Å². The molecule has 0 fully saturated rings. The highest BCUT2D eigenvalue weighted by Gasteiger charge is 2.35. The smallest absolute Gasteiger partial charge is 0.348 e. The Morgan fingerprint density at radius 2 is 2.24 bits per heavy atom. The van der Waals surface area contributed by atoms with E-state index in [-0.39, 0.29) is 5.69 Å². The van der Waals surface area contributed by atoms with Crippen molar-refractivity contribution in [2.24, 2.45) is 5.10 Å². The summed E-state index contributed by atoms with van der Waals surface area (Å²) in [6.07, 6.45) is -2.39. The Labute approximate surface area is 124 Å². The predicted octanol–water partition coefficient (Wildman–Crippen LogP) is 3.73. The Hall–Kier alpha value is -2.14. The fourth-order valence-electron chi connectivity index (χ4n) is 1.81. The number of benzene rings is 1. The summed E-state index contributed by atoms with van der Waals surface area (Å²) in [6, 6.07) is 3.41. The number of hydrazone groups is 1. The first-order chi connectivity index (χ1) is 9.76. The molecular formula is C13H11F3N4S. The van der Waals surface area contributed by atoms with Gasteiger partial charge in [0.25, 0.3) is 0 Å². The third kappa shape index (κ3) is 3.13. The average molecular weight is 312 g/mol. The molecule has 0 saturated heterocycles. The number of nitrogens with zero attached hydrogens (tertiary/aromatic N) is 2. The number of rotatable bonds is 2. The summed E-state index contributed by atoms with van der Waals surface area (Å²) in [7, 11) is 0. The van der Waals surface area contributed by atoms with Gasteiger partial charge in [-0.2, -0.15) is 18.3 Å². The maximum atomic E-state index is 12.9. The van der Waals surface area contributed by atoms with Gasteiger partial charge in [0.1, 0.15) is 10.5 Å². The third-order valence-corrected chi connectivity index (χ3v) is 3.64. The molecule has 1 aromatic rings. The predicted molar refractivity (Wildman–Crippen MR) is 78.6 cm³/mol. The van der Waals surface area contributed by atoms with Crippen LogP contribution < -0.4 is 10.7 Å². The van der Waals surface area contributed by atoms with Gasteiger partial charge in [-0.1, -0.05) is 18.3 Å². The van der Waals surface area contributed by atoms with Gasteiger partial charge in [-0.15, -0.1) is 0 Å². The molecule has 8 heteroatoms. The normalized spacial score (nSPS) is 20.7. The van der Waals surface area contributed by atoms with Crippen molar-refractivity contribution in [3.05, 3.63) is 35.2 Å². The summed E-state index contributed by atoms with van der Waals surface area (Å²) in [6.45, 7) is 8.60. The van der Waals surface area contributed by atoms with Crippen molar-refractivity contribution < 1.29 is 13.2 Å². The molecule has 1 unspecified atom stereocenters. The van der Waals surface area contributed by atoms with E-state index in [0.29, 0.717) is 11.4 Å². The van der Waals surface area contributed by atoms with Crippen LogP contribution in [-0.2, 0) is 6.18 Å². The lowest BCUT2D eigenvalue weighted by molar-refractivity contribution is -0.136. The van der Waals surface area contributed by atoms with Gasteiger partial charge in [0.15, 0.2) is 5.69 Å². The van der Waals surface area contributed by atoms with Gasteiger partial charge in [0, 0.05) is 18.3 Å². The highest BCUT2D eigenvalue weighted by atomic mass is 32.1. The maximum absolute atomic E-state index is 12.9. The quantitative estimate of drug-likeness (QED) is 0.646. The number of thiocarbonyl (C=S) groups is 1. The van der Waals surface area contributed by atoms with Crippen LogP contribution in [0.1, 0.15) is 18.9 Å². The molecule has 0 aliphatic carbocycles. The molecule has 1 aliphatic rings. The van der Waals surface area contributed by atoms with Gasteiger partial charge in [0.05, 0.1) is 12.1 Å². The summed E-state index contributed by atoms with van der Waals surface area (Å²) >= 11 is 5.21. The van der Waals surface area contributed by atoms with E-state index in [2.05, 4.69) is 20.7 Å². The van der Waals surface area contributed by atoms with Crippen molar-refractivity contribution >= 4 is 34.8 Å². The second-order valence-corrected chi connectivity index (χ2v) is 5.16. The molecule has 4 nitrogen and oxygen atoms in total. The molecule has 110 valence electrons. The van der Waals surface area contributed by atoms with E-state index in [1.54, 1.807) is 13.1 Å². The molecule has 2 rings (SSSR count). The number of nitrogens with one attached hydrogen (secondary N) is 2. The van der Waals surface area contributed by atoms with E-state index < -0.39 is 23.0 Å². The summed E-state index contributed by atoms with van der Waals surface area (Å²) < 4.78 is 38.7. The molecular weight excluding hydrogens is 301 g/mol. The van der Waals surface area contributed by atoms with Crippen LogP contribution in [0.25, 0.3) is 4.85 Å². The maximum Gasteiger partial charge on any atom is 0.407 e. The van der Waals surface area contributed by atoms with Crippen molar-refractivity contribution in [2.75, 3.05) is 5.32 Å². The van der Waals surface area contributed by atoms with Gasteiger partial charge in [0.2, 0.25) is 0 Å². The lowest BCUT2D eigenvalue weighted by Gasteiger charge is -2.25.